The Morgan fingerprint density at radius 3 is 2.53 bits per heavy atom. The minimum absolute atomic E-state index is 0.300. The number of urea groups is 1. The van der Waals surface area contributed by atoms with Gasteiger partial charge in [0.2, 0.25) is 5.91 Å². The van der Waals surface area contributed by atoms with Crippen molar-refractivity contribution in [2.24, 2.45) is 5.73 Å². The van der Waals surface area contributed by atoms with Crippen molar-refractivity contribution in [2.45, 2.75) is 19.9 Å². The van der Waals surface area contributed by atoms with Crippen LogP contribution in [0, 0.1) is 6.92 Å². The van der Waals surface area contributed by atoms with Crippen LogP contribution in [0.2, 0.25) is 0 Å². The number of aryl methyl sites for hydroxylation is 1. The van der Waals surface area contributed by atoms with Gasteiger partial charge in [-0.25, -0.2) is 4.79 Å². The number of hydrogen-bond donors (Lipinski definition) is 3. The standard InChI is InChI=1S/C13H19N3O3/c1-9-3-5-11(6-4-9)19-8-7-15-12(17)10(2)16-13(14)18/h3-6,10H,7-8H2,1-2H3,(H,15,17)(H3,14,16,18). The number of carbonyl (C=O) groups is 2. The summed E-state index contributed by atoms with van der Waals surface area (Å²) in [6.07, 6.45) is 0. The normalized spacial score (nSPS) is 11.5. The van der Waals surface area contributed by atoms with Crippen molar-refractivity contribution in [3.8, 4) is 5.75 Å². The van der Waals surface area contributed by atoms with E-state index in [2.05, 4.69) is 10.6 Å². The van der Waals surface area contributed by atoms with Crippen molar-refractivity contribution in [2.75, 3.05) is 13.2 Å². The number of amides is 3. The molecule has 0 aliphatic heterocycles. The Hall–Kier alpha value is -2.24. The fourth-order valence-electron chi connectivity index (χ4n) is 1.41. The monoisotopic (exact) mass is 265 g/mol. The van der Waals surface area contributed by atoms with E-state index in [1.807, 2.05) is 31.2 Å². The highest BCUT2D eigenvalue weighted by molar-refractivity contribution is 5.86. The number of benzene rings is 1. The summed E-state index contributed by atoms with van der Waals surface area (Å²) in [6, 6.07) is 6.26. The Morgan fingerprint density at radius 2 is 1.95 bits per heavy atom. The summed E-state index contributed by atoms with van der Waals surface area (Å²) >= 11 is 0. The summed E-state index contributed by atoms with van der Waals surface area (Å²) in [5.41, 5.74) is 6.08. The maximum atomic E-state index is 11.5. The SMILES string of the molecule is Cc1ccc(OCCNC(=O)C(C)NC(N)=O)cc1. The zero-order valence-electron chi connectivity index (χ0n) is 11.1. The van der Waals surface area contributed by atoms with Crippen molar-refractivity contribution in [3.63, 3.8) is 0 Å². The van der Waals surface area contributed by atoms with Gasteiger partial charge in [-0.05, 0) is 26.0 Å². The van der Waals surface area contributed by atoms with E-state index in [1.54, 1.807) is 6.92 Å². The molecule has 0 bridgehead atoms. The molecule has 6 nitrogen and oxygen atoms in total. The summed E-state index contributed by atoms with van der Waals surface area (Å²) < 4.78 is 5.45. The molecule has 3 amide bonds. The lowest BCUT2D eigenvalue weighted by atomic mass is 10.2. The fourth-order valence-corrected chi connectivity index (χ4v) is 1.41. The molecule has 1 unspecified atom stereocenters. The molecule has 1 atom stereocenters. The van der Waals surface area contributed by atoms with Crippen molar-refractivity contribution in [1.29, 1.82) is 0 Å². The van der Waals surface area contributed by atoms with Gasteiger partial charge >= 0.3 is 6.03 Å². The van der Waals surface area contributed by atoms with Crippen LogP contribution in [0.1, 0.15) is 12.5 Å². The van der Waals surface area contributed by atoms with Gasteiger partial charge in [-0.2, -0.15) is 0 Å². The van der Waals surface area contributed by atoms with Crippen molar-refractivity contribution >= 4 is 11.9 Å². The summed E-state index contributed by atoms with van der Waals surface area (Å²) in [7, 11) is 0. The second kappa shape index (κ2) is 7.25. The van der Waals surface area contributed by atoms with Gasteiger partial charge in [-0.15, -0.1) is 0 Å². The lowest BCUT2D eigenvalue weighted by Gasteiger charge is -2.12. The molecular weight excluding hydrogens is 246 g/mol. The first-order chi connectivity index (χ1) is 8.99. The van der Waals surface area contributed by atoms with Crippen LogP contribution in [-0.2, 0) is 4.79 Å². The molecule has 1 rings (SSSR count). The summed E-state index contributed by atoms with van der Waals surface area (Å²) in [4.78, 5) is 22.1. The quantitative estimate of drug-likeness (QED) is 0.655. The maximum absolute atomic E-state index is 11.5. The molecule has 6 heteroatoms. The molecule has 0 saturated carbocycles. The van der Waals surface area contributed by atoms with Crippen LogP contribution in [0.3, 0.4) is 0 Å². The first-order valence-corrected chi connectivity index (χ1v) is 6.02. The molecule has 1 aromatic rings. The lowest BCUT2D eigenvalue weighted by molar-refractivity contribution is -0.122. The van der Waals surface area contributed by atoms with Crippen LogP contribution >= 0.6 is 0 Å². The van der Waals surface area contributed by atoms with E-state index >= 15 is 0 Å². The van der Waals surface area contributed by atoms with Crippen LogP contribution in [0.25, 0.3) is 0 Å². The molecule has 0 aromatic heterocycles. The van der Waals surface area contributed by atoms with E-state index in [4.69, 9.17) is 10.5 Å². The Balaban J connectivity index is 2.21. The zero-order valence-corrected chi connectivity index (χ0v) is 11.1. The molecule has 0 aliphatic rings. The molecule has 0 fully saturated rings. The molecule has 0 saturated heterocycles. The predicted octanol–water partition coefficient (Wildman–Crippen LogP) is 0.547. The number of rotatable bonds is 6. The Kier molecular flexibility index (Phi) is 5.66. The van der Waals surface area contributed by atoms with Gasteiger partial charge in [0.1, 0.15) is 18.4 Å². The van der Waals surface area contributed by atoms with Gasteiger partial charge < -0.3 is 21.1 Å². The maximum Gasteiger partial charge on any atom is 0.312 e. The van der Waals surface area contributed by atoms with Gasteiger partial charge in [0.25, 0.3) is 0 Å². The Bertz CT molecular complexity index is 431. The number of primary amides is 1. The van der Waals surface area contributed by atoms with E-state index in [0.29, 0.717) is 13.2 Å². The largest absolute Gasteiger partial charge is 0.492 e. The number of hydrogen-bond acceptors (Lipinski definition) is 3. The topological polar surface area (TPSA) is 93.4 Å². The van der Waals surface area contributed by atoms with E-state index < -0.39 is 12.1 Å². The molecular formula is C13H19N3O3. The van der Waals surface area contributed by atoms with Gasteiger partial charge in [0.05, 0.1) is 6.54 Å². The van der Waals surface area contributed by atoms with Crippen LogP contribution in [0.5, 0.6) is 5.75 Å². The van der Waals surface area contributed by atoms with Crippen LogP contribution in [-0.4, -0.2) is 31.1 Å². The number of carbonyl (C=O) groups excluding carboxylic acids is 2. The van der Waals surface area contributed by atoms with E-state index in [-0.39, 0.29) is 5.91 Å². The fraction of sp³-hybridized carbons (Fsp3) is 0.385. The smallest absolute Gasteiger partial charge is 0.312 e. The summed E-state index contributed by atoms with van der Waals surface area (Å²) in [5, 5.41) is 4.93. The number of nitrogens with one attached hydrogen (secondary N) is 2. The zero-order chi connectivity index (χ0) is 14.3. The molecule has 1 aromatic carbocycles. The molecule has 0 radical (unpaired) electrons. The predicted molar refractivity (Wildman–Crippen MR) is 71.9 cm³/mol. The Morgan fingerprint density at radius 1 is 1.32 bits per heavy atom. The second-order valence-electron chi connectivity index (χ2n) is 4.18. The second-order valence-corrected chi connectivity index (χ2v) is 4.18. The third-order valence-corrected chi connectivity index (χ3v) is 2.44. The molecule has 4 N–H and O–H groups in total. The van der Waals surface area contributed by atoms with Crippen molar-refractivity contribution in [1.82, 2.24) is 10.6 Å². The van der Waals surface area contributed by atoms with Crippen molar-refractivity contribution < 1.29 is 14.3 Å². The summed E-state index contributed by atoms with van der Waals surface area (Å²) in [5.74, 6) is 0.453. The highest BCUT2D eigenvalue weighted by Gasteiger charge is 2.12. The van der Waals surface area contributed by atoms with Gasteiger partial charge in [0.15, 0.2) is 0 Å². The van der Waals surface area contributed by atoms with Gasteiger partial charge in [0, 0.05) is 0 Å². The molecule has 104 valence electrons. The molecule has 19 heavy (non-hydrogen) atoms. The highest BCUT2D eigenvalue weighted by Crippen LogP contribution is 2.10. The van der Waals surface area contributed by atoms with E-state index in [1.165, 1.54) is 0 Å². The number of nitrogens with two attached hydrogens (primary N) is 1. The molecule has 0 aliphatic carbocycles. The van der Waals surface area contributed by atoms with Crippen LogP contribution in [0.15, 0.2) is 24.3 Å². The lowest BCUT2D eigenvalue weighted by Crippen LogP contribution is -2.47. The third kappa shape index (κ3) is 5.76. The van der Waals surface area contributed by atoms with Crippen molar-refractivity contribution in [3.05, 3.63) is 29.8 Å². The average Bonchev–Trinajstić information content (AvgIpc) is 2.35. The van der Waals surface area contributed by atoms with Crippen LogP contribution < -0.4 is 21.1 Å². The Labute approximate surface area is 112 Å². The molecule has 0 heterocycles. The van der Waals surface area contributed by atoms with Crippen LogP contribution in [0.4, 0.5) is 4.79 Å². The minimum Gasteiger partial charge on any atom is -0.492 e. The first-order valence-electron chi connectivity index (χ1n) is 6.02. The average molecular weight is 265 g/mol. The third-order valence-electron chi connectivity index (χ3n) is 2.44. The number of ether oxygens (including phenoxy) is 1. The summed E-state index contributed by atoms with van der Waals surface area (Å²) in [6.45, 7) is 4.27. The van der Waals surface area contributed by atoms with Gasteiger partial charge in [-0.1, -0.05) is 17.7 Å². The van der Waals surface area contributed by atoms with E-state index in [0.717, 1.165) is 11.3 Å². The highest BCUT2D eigenvalue weighted by atomic mass is 16.5. The first kappa shape index (κ1) is 14.8. The van der Waals surface area contributed by atoms with E-state index in [9.17, 15) is 9.59 Å². The van der Waals surface area contributed by atoms with Gasteiger partial charge in [-0.3, -0.25) is 4.79 Å². The molecule has 0 spiro atoms. The minimum atomic E-state index is -0.724.